The van der Waals surface area contributed by atoms with Gasteiger partial charge in [0, 0.05) is 33.1 Å². The Morgan fingerprint density at radius 3 is 2.50 bits per heavy atom. The summed E-state index contributed by atoms with van der Waals surface area (Å²) in [6.07, 6.45) is 0. The fourth-order valence-electron chi connectivity index (χ4n) is 3.64. The van der Waals surface area contributed by atoms with Crippen molar-refractivity contribution in [2.24, 2.45) is 25.9 Å². The molecule has 4 rings (SSSR count). The molecule has 1 aromatic heterocycles. The third kappa shape index (κ3) is 2.25. The highest BCUT2D eigenvalue weighted by Crippen LogP contribution is 2.34. The van der Waals surface area contributed by atoms with E-state index in [1.807, 2.05) is 0 Å². The first-order valence-electron chi connectivity index (χ1n) is 8.08. The van der Waals surface area contributed by atoms with Gasteiger partial charge >= 0.3 is 11.7 Å². The van der Waals surface area contributed by atoms with E-state index in [-0.39, 0.29) is 41.9 Å². The summed E-state index contributed by atoms with van der Waals surface area (Å²) in [6, 6.07) is 4.12. The van der Waals surface area contributed by atoms with Crippen LogP contribution < -0.4 is 11.2 Å². The number of esters is 1. The van der Waals surface area contributed by atoms with Gasteiger partial charge in [0.25, 0.3) is 5.56 Å². The number of fused-ring (bicyclic) bond motifs is 2. The molecule has 2 atom stereocenters. The zero-order valence-corrected chi connectivity index (χ0v) is 15.0. The molecule has 1 aromatic carbocycles. The third-order valence-corrected chi connectivity index (χ3v) is 7.05. The maximum Gasteiger partial charge on any atom is 0.330 e. The van der Waals surface area contributed by atoms with Gasteiger partial charge in [0.1, 0.15) is 0 Å². The minimum Gasteiger partial charge on any atom is -0.465 e. The zero-order valence-electron chi connectivity index (χ0n) is 14.2. The molecule has 10 heteroatoms. The van der Waals surface area contributed by atoms with E-state index < -0.39 is 27.2 Å². The van der Waals surface area contributed by atoms with Crippen molar-refractivity contribution in [3.05, 3.63) is 39.0 Å². The molecule has 0 radical (unpaired) electrons. The number of aryl methyl sites for hydroxylation is 1. The number of aromatic nitrogens is 2. The standard InChI is InChI=1S/C16H17N3O6S/c1-17-13-4-3-10(5-11(13)14(20)18(2)16(17)22)26(23,24)19-6-9-8-25-15(21)12(9)7-19/h3-5,9,12H,6-8H2,1-2H3/t9-,12-/m1/s1. The number of nitrogens with zero attached hydrogens (tertiary/aromatic N) is 3. The van der Waals surface area contributed by atoms with E-state index in [0.29, 0.717) is 5.52 Å². The average Bonchev–Trinajstić information content (AvgIpc) is 3.20. The molecule has 3 heterocycles. The monoisotopic (exact) mass is 379 g/mol. The molecule has 2 aliphatic rings. The van der Waals surface area contributed by atoms with Crippen LogP contribution in [0.15, 0.2) is 32.7 Å². The van der Waals surface area contributed by atoms with Crippen molar-refractivity contribution in [1.29, 1.82) is 0 Å². The van der Waals surface area contributed by atoms with E-state index in [4.69, 9.17) is 4.74 Å². The summed E-state index contributed by atoms with van der Waals surface area (Å²) in [4.78, 5) is 36.0. The fourth-order valence-corrected chi connectivity index (χ4v) is 5.19. The van der Waals surface area contributed by atoms with Gasteiger partial charge in [-0.25, -0.2) is 13.2 Å². The first kappa shape index (κ1) is 17.0. The Bertz CT molecular complexity index is 1160. The van der Waals surface area contributed by atoms with Gasteiger partial charge < -0.3 is 4.74 Å². The summed E-state index contributed by atoms with van der Waals surface area (Å²) < 4.78 is 34.4. The van der Waals surface area contributed by atoms with Gasteiger partial charge in [-0.1, -0.05) is 0 Å². The highest BCUT2D eigenvalue weighted by Gasteiger charge is 2.47. The number of rotatable bonds is 2. The molecular weight excluding hydrogens is 362 g/mol. The van der Waals surface area contributed by atoms with E-state index in [2.05, 4.69) is 0 Å². The first-order chi connectivity index (χ1) is 12.2. The summed E-state index contributed by atoms with van der Waals surface area (Å²) in [5.74, 6) is -0.930. The highest BCUT2D eigenvalue weighted by molar-refractivity contribution is 7.89. The Morgan fingerprint density at radius 2 is 1.81 bits per heavy atom. The second-order valence-electron chi connectivity index (χ2n) is 6.70. The predicted molar refractivity (Wildman–Crippen MR) is 91.1 cm³/mol. The van der Waals surface area contributed by atoms with Crippen LogP contribution in [0.2, 0.25) is 0 Å². The lowest BCUT2D eigenvalue weighted by Crippen LogP contribution is -2.37. The summed E-state index contributed by atoms with van der Waals surface area (Å²) in [7, 11) is -0.993. The normalized spacial score (nSPS) is 23.4. The van der Waals surface area contributed by atoms with Crippen LogP contribution >= 0.6 is 0 Å². The van der Waals surface area contributed by atoms with Gasteiger partial charge in [0.15, 0.2) is 0 Å². The van der Waals surface area contributed by atoms with Crippen molar-refractivity contribution >= 4 is 26.9 Å². The molecule has 2 aliphatic heterocycles. The number of ether oxygens (including phenoxy) is 1. The van der Waals surface area contributed by atoms with Gasteiger partial charge in [-0.15, -0.1) is 0 Å². The number of benzene rings is 1. The van der Waals surface area contributed by atoms with Gasteiger partial charge in [-0.3, -0.25) is 18.7 Å². The predicted octanol–water partition coefficient (Wildman–Crippen LogP) is -0.969. The highest BCUT2D eigenvalue weighted by atomic mass is 32.2. The molecule has 0 unspecified atom stereocenters. The number of hydrogen-bond donors (Lipinski definition) is 0. The third-order valence-electron chi connectivity index (χ3n) is 5.23. The van der Waals surface area contributed by atoms with Gasteiger partial charge in [-0.05, 0) is 18.2 Å². The Labute approximate surface area is 148 Å². The Kier molecular flexibility index (Phi) is 3.60. The number of cyclic esters (lactones) is 1. The molecular formula is C16H17N3O6S. The van der Waals surface area contributed by atoms with Crippen molar-refractivity contribution < 1.29 is 17.9 Å². The van der Waals surface area contributed by atoms with Crippen LogP contribution in [0.5, 0.6) is 0 Å². The molecule has 0 amide bonds. The van der Waals surface area contributed by atoms with Crippen LogP contribution in [0.3, 0.4) is 0 Å². The van der Waals surface area contributed by atoms with E-state index in [9.17, 15) is 22.8 Å². The lowest BCUT2D eigenvalue weighted by atomic mass is 10.0. The average molecular weight is 379 g/mol. The SMILES string of the molecule is Cn1c(=O)c2cc(S(=O)(=O)N3C[C@@H]4COC(=O)[C@@H]4C3)ccc2n(C)c1=O. The van der Waals surface area contributed by atoms with E-state index in [1.165, 1.54) is 41.2 Å². The molecule has 0 saturated carbocycles. The number of sulfonamides is 1. The molecule has 0 bridgehead atoms. The van der Waals surface area contributed by atoms with Crippen LogP contribution in [0.1, 0.15) is 0 Å². The molecule has 2 fully saturated rings. The summed E-state index contributed by atoms with van der Waals surface area (Å²) in [5, 5.41) is 0.148. The molecule has 9 nitrogen and oxygen atoms in total. The van der Waals surface area contributed by atoms with Gasteiger partial charge in [-0.2, -0.15) is 4.31 Å². The van der Waals surface area contributed by atoms with Crippen LogP contribution in [-0.4, -0.2) is 47.5 Å². The van der Waals surface area contributed by atoms with Crippen molar-refractivity contribution in [1.82, 2.24) is 13.4 Å². The van der Waals surface area contributed by atoms with Gasteiger partial charge in [0.05, 0.1) is 28.3 Å². The van der Waals surface area contributed by atoms with Crippen molar-refractivity contribution in [3.8, 4) is 0 Å². The Morgan fingerprint density at radius 1 is 1.08 bits per heavy atom. The number of carbonyl (C=O) groups is 1. The fraction of sp³-hybridized carbons (Fsp3) is 0.438. The van der Waals surface area contributed by atoms with Crippen molar-refractivity contribution in [2.45, 2.75) is 4.90 Å². The molecule has 0 aliphatic carbocycles. The van der Waals surface area contributed by atoms with E-state index in [0.717, 1.165) is 4.57 Å². The minimum absolute atomic E-state index is 0.0333. The minimum atomic E-state index is -3.86. The maximum absolute atomic E-state index is 13.0. The maximum atomic E-state index is 13.0. The lowest BCUT2D eigenvalue weighted by molar-refractivity contribution is -0.141. The zero-order chi connectivity index (χ0) is 18.8. The van der Waals surface area contributed by atoms with Gasteiger partial charge in [0.2, 0.25) is 10.0 Å². The second-order valence-corrected chi connectivity index (χ2v) is 8.64. The van der Waals surface area contributed by atoms with Crippen molar-refractivity contribution in [3.63, 3.8) is 0 Å². The molecule has 2 saturated heterocycles. The first-order valence-corrected chi connectivity index (χ1v) is 9.52. The Balaban J connectivity index is 1.81. The molecule has 2 aromatic rings. The molecule has 26 heavy (non-hydrogen) atoms. The summed E-state index contributed by atoms with van der Waals surface area (Å²) in [5.41, 5.74) is -0.676. The number of carbonyl (C=O) groups excluding carboxylic acids is 1. The number of hydrogen-bond acceptors (Lipinski definition) is 6. The quantitative estimate of drug-likeness (QED) is 0.622. The van der Waals surface area contributed by atoms with Crippen LogP contribution in [0, 0.1) is 11.8 Å². The molecule has 138 valence electrons. The molecule has 0 spiro atoms. The van der Waals surface area contributed by atoms with Crippen LogP contribution in [0.25, 0.3) is 10.9 Å². The van der Waals surface area contributed by atoms with E-state index >= 15 is 0 Å². The van der Waals surface area contributed by atoms with Crippen LogP contribution in [-0.2, 0) is 33.7 Å². The largest absolute Gasteiger partial charge is 0.465 e. The smallest absolute Gasteiger partial charge is 0.330 e. The van der Waals surface area contributed by atoms with E-state index in [1.54, 1.807) is 0 Å². The topological polar surface area (TPSA) is 108 Å². The molecule has 0 N–H and O–H groups in total. The second kappa shape index (κ2) is 5.52. The van der Waals surface area contributed by atoms with Crippen molar-refractivity contribution in [2.75, 3.05) is 19.7 Å². The lowest BCUT2D eigenvalue weighted by Gasteiger charge is -2.18. The Hall–Kier alpha value is -2.46. The summed E-state index contributed by atoms with van der Waals surface area (Å²) >= 11 is 0. The van der Waals surface area contributed by atoms with Crippen LogP contribution in [0.4, 0.5) is 0 Å². The summed E-state index contributed by atoms with van der Waals surface area (Å²) in [6.45, 7) is 0.521.